The summed E-state index contributed by atoms with van der Waals surface area (Å²) >= 11 is 0. The Kier molecular flexibility index (Phi) is 3.09. The summed E-state index contributed by atoms with van der Waals surface area (Å²) in [6.45, 7) is 7.08. The van der Waals surface area contributed by atoms with Gasteiger partial charge in [-0.2, -0.15) is 5.10 Å². The van der Waals surface area contributed by atoms with E-state index in [2.05, 4.69) is 25.9 Å². The molecule has 0 bridgehead atoms. The van der Waals surface area contributed by atoms with Gasteiger partial charge in [-0.25, -0.2) is 0 Å². The summed E-state index contributed by atoms with van der Waals surface area (Å²) in [5, 5.41) is 4.37. The molecule has 0 radical (unpaired) electrons. The summed E-state index contributed by atoms with van der Waals surface area (Å²) < 4.78 is 1.92. The minimum Gasteiger partial charge on any atom is -0.325 e. The third kappa shape index (κ3) is 2.10. The van der Waals surface area contributed by atoms with E-state index in [1.165, 1.54) is 11.3 Å². The molecule has 0 spiro atoms. The molecule has 0 aliphatic heterocycles. The standard InChI is InChI=1S/C10H19N3/c1-7(2)5-9-8(3)13(4)12-10(9)6-11/h7H,5-6,11H2,1-4H3. The van der Waals surface area contributed by atoms with Crippen molar-refractivity contribution in [2.75, 3.05) is 0 Å². The second-order valence-corrected chi connectivity index (χ2v) is 3.94. The van der Waals surface area contributed by atoms with Gasteiger partial charge in [0.2, 0.25) is 0 Å². The Bertz CT molecular complexity index is 287. The Morgan fingerprint density at radius 3 is 2.54 bits per heavy atom. The van der Waals surface area contributed by atoms with Crippen LogP contribution in [0.3, 0.4) is 0 Å². The van der Waals surface area contributed by atoms with Gasteiger partial charge < -0.3 is 5.73 Å². The van der Waals surface area contributed by atoms with Crippen molar-refractivity contribution in [1.82, 2.24) is 9.78 Å². The van der Waals surface area contributed by atoms with Gasteiger partial charge in [0.05, 0.1) is 5.69 Å². The maximum atomic E-state index is 5.63. The van der Waals surface area contributed by atoms with Gasteiger partial charge in [0.15, 0.2) is 0 Å². The van der Waals surface area contributed by atoms with Gasteiger partial charge in [-0.15, -0.1) is 0 Å². The molecule has 1 aromatic heterocycles. The molecule has 0 saturated heterocycles. The van der Waals surface area contributed by atoms with Crippen molar-refractivity contribution in [3.8, 4) is 0 Å². The van der Waals surface area contributed by atoms with E-state index in [1.807, 2.05) is 11.7 Å². The van der Waals surface area contributed by atoms with Crippen molar-refractivity contribution >= 4 is 0 Å². The van der Waals surface area contributed by atoms with Crippen molar-refractivity contribution < 1.29 is 0 Å². The first-order valence-corrected chi connectivity index (χ1v) is 4.77. The molecule has 0 aromatic carbocycles. The van der Waals surface area contributed by atoms with Crippen LogP contribution in [-0.4, -0.2) is 9.78 Å². The van der Waals surface area contributed by atoms with Gasteiger partial charge in [0.25, 0.3) is 0 Å². The maximum Gasteiger partial charge on any atom is 0.0794 e. The first-order chi connectivity index (χ1) is 6.06. The lowest BCUT2D eigenvalue weighted by atomic mass is 10.0. The van der Waals surface area contributed by atoms with Crippen LogP contribution in [0.5, 0.6) is 0 Å². The number of aryl methyl sites for hydroxylation is 1. The molecular weight excluding hydrogens is 162 g/mol. The molecule has 1 heterocycles. The third-order valence-corrected chi connectivity index (χ3v) is 2.35. The highest BCUT2D eigenvalue weighted by molar-refractivity contribution is 5.25. The van der Waals surface area contributed by atoms with Gasteiger partial charge >= 0.3 is 0 Å². The predicted octanol–water partition coefficient (Wildman–Crippen LogP) is 1.39. The summed E-state index contributed by atoms with van der Waals surface area (Å²) in [6, 6.07) is 0. The largest absolute Gasteiger partial charge is 0.325 e. The van der Waals surface area contributed by atoms with Gasteiger partial charge in [-0.05, 0) is 24.8 Å². The Morgan fingerprint density at radius 2 is 2.08 bits per heavy atom. The van der Waals surface area contributed by atoms with Crippen molar-refractivity contribution in [2.24, 2.45) is 18.7 Å². The summed E-state index contributed by atoms with van der Waals surface area (Å²) in [5.41, 5.74) is 9.26. The lowest BCUT2D eigenvalue weighted by molar-refractivity contribution is 0.639. The molecule has 0 unspecified atom stereocenters. The van der Waals surface area contributed by atoms with Crippen LogP contribution in [0, 0.1) is 12.8 Å². The van der Waals surface area contributed by atoms with Crippen LogP contribution >= 0.6 is 0 Å². The number of nitrogens with zero attached hydrogens (tertiary/aromatic N) is 2. The molecular formula is C10H19N3. The molecule has 2 N–H and O–H groups in total. The highest BCUT2D eigenvalue weighted by Gasteiger charge is 2.12. The molecule has 3 nitrogen and oxygen atoms in total. The minimum absolute atomic E-state index is 0.545. The van der Waals surface area contributed by atoms with Crippen LogP contribution < -0.4 is 5.73 Å². The van der Waals surface area contributed by atoms with E-state index >= 15 is 0 Å². The third-order valence-electron chi connectivity index (χ3n) is 2.35. The van der Waals surface area contributed by atoms with E-state index in [9.17, 15) is 0 Å². The number of aromatic nitrogens is 2. The number of rotatable bonds is 3. The van der Waals surface area contributed by atoms with E-state index in [0.717, 1.165) is 12.1 Å². The molecule has 13 heavy (non-hydrogen) atoms. The van der Waals surface area contributed by atoms with Gasteiger partial charge in [0, 0.05) is 19.3 Å². The Labute approximate surface area is 79.9 Å². The molecule has 0 amide bonds. The fourth-order valence-electron chi connectivity index (χ4n) is 1.56. The molecule has 0 saturated carbocycles. The van der Waals surface area contributed by atoms with Crippen molar-refractivity contribution in [3.63, 3.8) is 0 Å². The second kappa shape index (κ2) is 3.92. The van der Waals surface area contributed by atoms with Crippen LogP contribution in [-0.2, 0) is 20.0 Å². The number of hydrogen-bond acceptors (Lipinski definition) is 2. The molecule has 0 aliphatic rings. The SMILES string of the molecule is Cc1c(CC(C)C)c(CN)nn1C. The Morgan fingerprint density at radius 1 is 1.46 bits per heavy atom. The van der Waals surface area contributed by atoms with Crippen LogP contribution in [0.4, 0.5) is 0 Å². The topological polar surface area (TPSA) is 43.8 Å². The van der Waals surface area contributed by atoms with Crippen molar-refractivity contribution in [3.05, 3.63) is 17.0 Å². The zero-order valence-electron chi connectivity index (χ0n) is 8.96. The molecule has 0 atom stereocenters. The van der Waals surface area contributed by atoms with Gasteiger partial charge in [-0.1, -0.05) is 13.8 Å². The highest BCUT2D eigenvalue weighted by atomic mass is 15.3. The molecule has 74 valence electrons. The fourth-order valence-corrected chi connectivity index (χ4v) is 1.56. The lowest BCUT2D eigenvalue weighted by Crippen LogP contribution is -2.03. The molecule has 3 heteroatoms. The zero-order valence-corrected chi connectivity index (χ0v) is 8.96. The summed E-state index contributed by atoms with van der Waals surface area (Å²) in [4.78, 5) is 0. The Balaban J connectivity index is 3.01. The average Bonchev–Trinajstić information content (AvgIpc) is 2.31. The average molecular weight is 181 g/mol. The van der Waals surface area contributed by atoms with Crippen molar-refractivity contribution in [1.29, 1.82) is 0 Å². The summed E-state index contributed by atoms with van der Waals surface area (Å²) in [5.74, 6) is 0.660. The minimum atomic E-state index is 0.545. The smallest absolute Gasteiger partial charge is 0.0794 e. The van der Waals surface area contributed by atoms with E-state index in [1.54, 1.807) is 0 Å². The first-order valence-electron chi connectivity index (χ1n) is 4.77. The molecule has 0 fully saturated rings. The van der Waals surface area contributed by atoms with Crippen LogP contribution in [0.25, 0.3) is 0 Å². The van der Waals surface area contributed by atoms with Crippen LogP contribution in [0.1, 0.15) is 30.8 Å². The summed E-state index contributed by atoms with van der Waals surface area (Å²) in [7, 11) is 1.97. The van der Waals surface area contributed by atoms with Gasteiger partial charge in [0.1, 0.15) is 0 Å². The predicted molar refractivity (Wildman–Crippen MR) is 54.4 cm³/mol. The van der Waals surface area contributed by atoms with E-state index in [4.69, 9.17) is 5.73 Å². The van der Waals surface area contributed by atoms with Crippen LogP contribution in [0.2, 0.25) is 0 Å². The normalized spacial score (nSPS) is 11.2. The van der Waals surface area contributed by atoms with E-state index in [-0.39, 0.29) is 0 Å². The molecule has 0 aliphatic carbocycles. The molecule has 1 rings (SSSR count). The highest BCUT2D eigenvalue weighted by Crippen LogP contribution is 2.16. The zero-order chi connectivity index (χ0) is 10.0. The van der Waals surface area contributed by atoms with Crippen molar-refractivity contribution in [2.45, 2.75) is 33.7 Å². The monoisotopic (exact) mass is 181 g/mol. The Hall–Kier alpha value is -0.830. The lowest BCUT2D eigenvalue weighted by Gasteiger charge is -2.05. The summed E-state index contributed by atoms with van der Waals surface area (Å²) in [6.07, 6.45) is 1.08. The maximum absolute atomic E-state index is 5.63. The quantitative estimate of drug-likeness (QED) is 0.765. The number of hydrogen-bond donors (Lipinski definition) is 1. The van der Waals surface area contributed by atoms with Gasteiger partial charge in [-0.3, -0.25) is 4.68 Å². The van der Waals surface area contributed by atoms with Crippen LogP contribution in [0.15, 0.2) is 0 Å². The van der Waals surface area contributed by atoms with E-state index < -0.39 is 0 Å². The molecule has 1 aromatic rings. The number of nitrogens with two attached hydrogens (primary N) is 1. The van der Waals surface area contributed by atoms with E-state index in [0.29, 0.717) is 12.5 Å². The second-order valence-electron chi connectivity index (χ2n) is 3.94. The first kappa shape index (κ1) is 10.3. The fraction of sp³-hybridized carbons (Fsp3) is 0.700.